The Balaban J connectivity index is 1.75. The van der Waals surface area contributed by atoms with Crippen LogP contribution in [0.15, 0.2) is 29.6 Å². The largest absolute Gasteiger partial charge is 0.417 e. The summed E-state index contributed by atoms with van der Waals surface area (Å²) in [5.74, 6) is -0.956. The summed E-state index contributed by atoms with van der Waals surface area (Å²) in [6.45, 7) is 1.16. The summed E-state index contributed by atoms with van der Waals surface area (Å²) in [7, 11) is -2.51. The number of aliphatic hydroxyl groups is 1. The first-order chi connectivity index (χ1) is 16.9. The average Bonchev–Trinajstić information content (AvgIpc) is 3.38. The minimum absolute atomic E-state index is 0.0297. The van der Waals surface area contributed by atoms with Crippen molar-refractivity contribution >= 4 is 32.6 Å². The number of amides is 1. The summed E-state index contributed by atoms with van der Waals surface area (Å²) in [6, 6.07) is 2.17. The second-order valence-corrected chi connectivity index (χ2v) is 10.8. The van der Waals surface area contributed by atoms with Crippen LogP contribution in [-0.2, 0) is 23.1 Å². The molecule has 1 aliphatic carbocycles. The van der Waals surface area contributed by atoms with Crippen LogP contribution in [-0.4, -0.2) is 66.5 Å². The standard InChI is InChI=1S/C21H20F3N7O4S/c1-3-36(34,35)19-14(17-27-12-8-11(21(22,23)24)9-26-15(12)30(17)2)16-25-7-4-13(31(16)29-19)18(33)28-20(10-32)5-6-20/h4,7-9,32H,3,5-6,10H2,1-2H3,(H,28,33). The molecule has 11 nitrogen and oxygen atoms in total. The minimum atomic E-state index is -4.64. The van der Waals surface area contributed by atoms with Gasteiger partial charge in [-0.2, -0.15) is 18.3 Å². The molecule has 190 valence electrons. The summed E-state index contributed by atoms with van der Waals surface area (Å²) in [5.41, 5.74) is -1.88. The van der Waals surface area contributed by atoms with E-state index in [4.69, 9.17) is 0 Å². The van der Waals surface area contributed by atoms with Gasteiger partial charge in [-0.3, -0.25) is 4.79 Å². The van der Waals surface area contributed by atoms with Gasteiger partial charge in [0.15, 0.2) is 26.2 Å². The number of halogens is 3. The van der Waals surface area contributed by atoms with Gasteiger partial charge in [-0.15, -0.1) is 0 Å². The predicted octanol–water partition coefficient (Wildman–Crippen LogP) is 1.75. The third kappa shape index (κ3) is 3.78. The number of pyridine rings is 1. The molecule has 1 aliphatic rings. The van der Waals surface area contributed by atoms with Crippen molar-refractivity contribution in [2.75, 3.05) is 12.4 Å². The third-order valence-corrected chi connectivity index (χ3v) is 7.82. The van der Waals surface area contributed by atoms with Crippen molar-refractivity contribution in [3.05, 3.63) is 35.8 Å². The molecular formula is C21H20F3N7O4S. The molecular weight excluding hydrogens is 503 g/mol. The molecule has 2 N–H and O–H groups in total. The number of alkyl halides is 3. The Morgan fingerprint density at radius 2 is 1.97 bits per heavy atom. The molecule has 0 saturated heterocycles. The fourth-order valence-corrected chi connectivity index (χ4v) is 4.85. The highest BCUT2D eigenvalue weighted by Gasteiger charge is 2.44. The molecule has 4 aromatic rings. The van der Waals surface area contributed by atoms with Gasteiger partial charge in [0, 0.05) is 19.4 Å². The highest BCUT2D eigenvalue weighted by Crippen LogP contribution is 2.36. The van der Waals surface area contributed by atoms with Crippen LogP contribution >= 0.6 is 0 Å². The molecule has 0 spiro atoms. The Bertz CT molecular complexity index is 1640. The highest BCUT2D eigenvalue weighted by atomic mass is 32.2. The normalized spacial score (nSPS) is 15.5. The van der Waals surface area contributed by atoms with Gasteiger partial charge in [-0.1, -0.05) is 6.92 Å². The van der Waals surface area contributed by atoms with Gasteiger partial charge in [-0.25, -0.2) is 27.9 Å². The number of nitrogens with one attached hydrogen (secondary N) is 1. The Morgan fingerprint density at radius 3 is 2.58 bits per heavy atom. The number of hydrogen-bond acceptors (Lipinski definition) is 8. The van der Waals surface area contributed by atoms with Crippen LogP contribution in [0.3, 0.4) is 0 Å². The van der Waals surface area contributed by atoms with E-state index in [-0.39, 0.29) is 46.3 Å². The van der Waals surface area contributed by atoms with E-state index in [0.29, 0.717) is 19.0 Å². The molecule has 15 heteroatoms. The lowest BCUT2D eigenvalue weighted by atomic mass is 10.2. The molecule has 1 amide bonds. The van der Waals surface area contributed by atoms with E-state index < -0.39 is 38.0 Å². The molecule has 0 unspecified atom stereocenters. The molecule has 4 heterocycles. The van der Waals surface area contributed by atoms with Crippen LogP contribution in [0.2, 0.25) is 0 Å². The number of aliphatic hydroxyl groups excluding tert-OH is 1. The Labute approximate surface area is 201 Å². The lowest BCUT2D eigenvalue weighted by Crippen LogP contribution is -2.40. The molecule has 0 aliphatic heterocycles. The first-order valence-electron chi connectivity index (χ1n) is 10.8. The van der Waals surface area contributed by atoms with E-state index in [1.54, 1.807) is 0 Å². The van der Waals surface area contributed by atoms with Crippen molar-refractivity contribution in [1.29, 1.82) is 0 Å². The molecule has 36 heavy (non-hydrogen) atoms. The van der Waals surface area contributed by atoms with Crippen LogP contribution in [0.4, 0.5) is 13.2 Å². The molecule has 0 aromatic carbocycles. The van der Waals surface area contributed by atoms with E-state index in [1.807, 2.05) is 0 Å². The number of fused-ring (bicyclic) bond motifs is 2. The first kappa shape index (κ1) is 24.1. The SMILES string of the molecule is CCS(=O)(=O)c1nn2c(C(=O)NC3(CO)CC3)ccnc2c1-c1nc2cc(C(F)(F)F)cnc2n1C. The second kappa shape index (κ2) is 7.96. The van der Waals surface area contributed by atoms with E-state index >= 15 is 0 Å². The van der Waals surface area contributed by atoms with Crippen LogP contribution < -0.4 is 5.32 Å². The molecule has 1 fully saturated rings. The van der Waals surface area contributed by atoms with Crippen LogP contribution in [0.5, 0.6) is 0 Å². The zero-order valence-corrected chi connectivity index (χ0v) is 19.9. The lowest BCUT2D eigenvalue weighted by Gasteiger charge is -2.14. The highest BCUT2D eigenvalue weighted by molar-refractivity contribution is 7.91. The average molecular weight is 523 g/mol. The van der Waals surface area contributed by atoms with Gasteiger partial charge >= 0.3 is 6.18 Å². The number of carbonyl (C=O) groups is 1. The van der Waals surface area contributed by atoms with Crippen molar-refractivity contribution < 1.29 is 31.5 Å². The zero-order valence-electron chi connectivity index (χ0n) is 19.0. The van der Waals surface area contributed by atoms with E-state index in [0.717, 1.165) is 10.6 Å². The summed E-state index contributed by atoms with van der Waals surface area (Å²) >= 11 is 0. The number of nitrogens with zero attached hydrogens (tertiary/aromatic N) is 6. The number of aryl methyl sites for hydroxylation is 1. The van der Waals surface area contributed by atoms with Crippen molar-refractivity contribution in [3.8, 4) is 11.4 Å². The maximum atomic E-state index is 13.2. The molecule has 1 saturated carbocycles. The van der Waals surface area contributed by atoms with E-state index in [1.165, 1.54) is 30.8 Å². The monoisotopic (exact) mass is 523 g/mol. The number of hydrogen-bond donors (Lipinski definition) is 2. The van der Waals surface area contributed by atoms with Crippen LogP contribution in [0, 0.1) is 0 Å². The van der Waals surface area contributed by atoms with Crippen LogP contribution in [0.1, 0.15) is 35.8 Å². The molecule has 0 atom stereocenters. The topological polar surface area (TPSA) is 144 Å². The van der Waals surface area contributed by atoms with Crippen molar-refractivity contribution in [1.82, 2.24) is 34.4 Å². The molecule has 0 bridgehead atoms. The van der Waals surface area contributed by atoms with Gasteiger partial charge in [0.2, 0.25) is 0 Å². The second-order valence-electron chi connectivity index (χ2n) is 8.60. The van der Waals surface area contributed by atoms with Gasteiger partial charge < -0.3 is 15.0 Å². The molecule has 5 rings (SSSR count). The van der Waals surface area contributed by atoms with E-state index in [2.05, 4.69) is 25.4 Å². The first-order valence-corrected chi connectivity index (χ1v) is 12.5. The molecule has 0 radical (unpaired) electrons. The van der Waals surface area contributed by atoms with Gasteiger partial charge in [-0.05, 0) is 25.0 Å². The number of imidazole rings is 1. The maximum Gasteiger partial charge on any atom is 0.417 e. The Hall–Kier alpha value is -3.59. The summed E-state index contributed by atoms with van der Waals surface area (Å²) in [4.78, 5) is 25.3. The zero-order chi connectivity index (χ0) is 26.0. The van der Waals surface area contributed by atoms with Crippen molar-refractivity contribution in [3.63, 3.8) is 0 Å². The Morgan fingerprint density at radius 1 is 1.25 bits per heavy atom. The summed E-state index contributed by atoms with van der Waals surface area (Å²) in [6.07, 6.45) is -1.49. The van der Waals surface area contributed by atoms with E-state index in [9.17, 15) is 31.5 Å². The Kier molecular flexibility index (Phi) is 5.33. The van der Waals surface area contributed by atoms with Gasteiger partial charge in [0.1, 0.15) is 22.6 Å². The summed E-state index contributed by atoms with van der Waals surface area (Å²) < 4.78 is 68.0. The van der Waals surface area contributed by atoms with Gasteiger partial charge in [0.05, 0.1) is 23.5 Å². The fourth-order valence-electron chi connectivity index (χ4n) is 3.88. The fraction of sp³-hybridized carbons (Fsp3) is 0.381. The predicted molar refractivity (Wildman–Crippen MR) is 120 cm³/mol. The lowest BCUT2D eigenvalue weighted by molar-refractivity contribution is -0.137. The van der Waals surface area contributed by atoms with Gasteiger partial charge in [0.25, 0.3) is 5.91 Å². The number of rotatable bonds is 6. The quantitative estimate of drug-likeness (QED) is 0.389. The smallest absolute Gasteiger partial charge is 0.394 e. The van der Waals surface area contributed by atoms with Crippen molar-refractivity contribution in [2.45, 2.75) is 36.5 Å². The number of sulfone groups is 1. The van der Waals surface area contributed by atoms with Crippen LogP contribution in [0.25, 0.3) is 28.2 Å². The summed E-state index contributed by atoms with van der Waals surface area (Å²) in [5, 5.41) is 16.1. The minimum Gasteiger partial charge on any atom is -0.394 e. The number of aromatic nitrogens is 6. The molecule has 4 aromatic heterocycles. The number of carbonyl (C=O) groups excluding carboxylic acids is 1. The third-order valence-electron chi connectivity index (χ3n) is 6.19. The van der Waals surface area contributed by atoms with Crippen molar-refractivity contribution in [2.24, 2.45) is 7.05 Å². The maximum absolute atomic E-state index is 13.2.